The zero-order valence-corrected chi connectivity index (χ0v) is 20.6. The number of carbonyl (C=O) groups excluding carboxylic acids is 2. The first-order chi connectivity index (χ1) is 16.6. The molecule has 6 nitrogen and oxygen atoms in total. The number of nitrogen functional groups attached to an aromatic ring is 1. The van der Waals surface area contributed by atoms with Crippen molar-refractivity contribution in [1.29, 1.82) is 0 Å². The summed E-state index contributed by atoms with van der Waals surface area (Å²) in [7, 11) is 0. The van der Waals surface area contributed by atoms with Gasteiger partial charge in [-0.1, -0.05) is 42.5 Å². The number of hydrogen-bond donors (Lipinski definition) is 3. The number of aromatic hydroxyl groups is 1. The van der Waals surface area contributed by atoms with E-state index >= 15 is 0 Å². The van der Waals surface area contributed by atoms with Crippen LogP contribution in [-0.4, -0.2) is 28.6 Å². The van der Waals surface area contributed by atoms with Crippen molar-refractivity contribution in [2.75, 3.05) is 5.73 Å². The van der Waals surface area contributed by atoms with Crippen LogP contribution in [0, 0.1) is 0 Å². The summed E-state index contributed by atoms with van der Waals surface area (Å²) in [6.07, 6.45) is 2.41. The largest absolute Gasteiger partial charge is 0.508 e. The molecule has 0 aliphatic carbocycles. The van der Waals surface area contributed by atoms with Crippen LogP contribution in [0.2, 0.25) is 0 Å². The van der Waals surface area contributed by atoms with Crippen LogP contribution in [-0.2, 0) is 28.8 Å². The monoisotopic (exact) mass is 474 g/mol. The minimum Gasteiger partial charge on any atom is -0.508 e. The van der Waals surface area contributed by atoms with Gasteiger partial charge in [-0.3, -0.25) is 4.79 Å². The standard InChI is InChI=1S/C29H34N2O4/c1-29(2,3)35-28(34)26(18-12-20-7-5-4-6-8-20)31-27(33)23-14-17-25(30)22(19-23)13-9-21-10-15-24(32)16-11-21/h4-8,10-11,14-17,19,26,32H,9,12-13,18,30H2,1-3H3,(H,31,33). The second kappa shape index (κ2) is 11.6. The maximum atomic E-state index is 13.1. The molecule has 0 radical (unpaired) electrons. The molecule has 3 rings (SSSR count). The number of rotatable bonds is 9. The molecule has 0 saturated carbocycles. The van der Waals surface area contributed by atoms with Crippen LogP contribution in [0.1, 0.15) is 54.2 Å². The summed E-state index contributed by atoms with van der Waals surface area (Å²) in [4.78, 5) is 26.0. The lowest BCUT2D eigenvalue weighted by atomic mass is 10.00. The maximum absolute atomic E-state index is 13.1. The van der Waals surface area contributed by atoms with Gasteiger partial charge in [0.1, 0.15) is 17.4 Å². The molecule has 0 aromatic heterocycles. The average molecular weight is 475 g/mol. The quantitative estimate of drug-likeness (QED) is 0.304. The number of carbonyl (C=O) groups is 2. The van der Waals surface area contributed by atoms with Crippen LogP contribution in [0.25, 0.3) is 0 Å². The van der Waals surface area contributed by atoms with Gasteiger partial charge >= 0.3 is 5.97 Å². The highest BCUT2D eigenvalue weighted by Gasteiger charge is 2.27. The summed E-state index contributed by atoms with van der Waals surface area (Å²) in [5.41, 5.74) is 9.54. The maximum Gasteiger partial charge on any atom is 0.329 e. The molecule has 0 aliphatic rings. The zero-order valence-electron chi connectivity index (χ0n) is 20.6. The van der Waals surface area contributed by atoms with E-state index < -0.39 is 17.6 Å². The van der Waals surface area contributed by atoms with Crippen LogP contribution in [0.4, 0.5) is 5.69 Å². The van der Waals surface area contributed by atoms with E-state index in [1.807, 2.05) is 42.5 Å². The lowest BCUT2D eigenvalue weighted by molar-refractivity contribution is -0.157. The molecule has 1 atom stereocenters. The van der Waals surface area contributed by atoms with E-state index in [2.05, 4.69) is 5.32 Å². The summed E-state index contributed by atoms with van der Waals surface area (Å²) in [5, 5.41) is 12.3. The number of ether oxygens (including phenoxy) is 1. The van der Waals surface area contributed by atoms with Crippen LogP contribution in [0.3, 0.4) is 0 Å². The van der Waals surface area contributed by atoms with Crippen molar-refractivity contribution < 1.29 is 19.4 Å². The van der Waals surface area contributed by atoms with Crippen molar-refractivity contribution in [3.8, 4) is 5.75 Å². The van der Waals surface area contributed by atoms with E-state index in [4.69, 9.17) is 10.5 Å². The Kier molecular flexibility index (Phi) is 8.53. The number of hydrogen-bond acceptors (Lipinski definition) is 5. The molecule has 0 fully saturated rings. The molecule has 6 heteroatoms. The van der Waals surface area contributed by atoms with Gasteiger partial charge in [0.2, 0.25) is 0 Å². The van der Waals surface area contributed by atoms with Gasteiger partial charge in [-0.05, 0) is 93.5 Å². The third kappa shape index (κ3) is 8.18. The fraction of sp³-hybridized carbons (Fsp3) is 0.310. The van der Waals surface area contributed by atoms with Gasteiger partial charge in [-0.2, -0.15) is 0 Å². The molecule has 0 spiro atoms. The number of amides is 1. The Morgan fingerprint density at radius 2 is 1.57 bits per heavy atom. The summed E-state index contributed by atoms with van der Waals surface area (Å²) in [6, 6.07) is 21.2. The number of aryl methyl sites for hydroxylation is 3. The number of phenols is 1. The molecule has 1 amide bonds. The van der Waals surface area contributed by atoms with E-state index in [0.29, 0.717) is 36.9 Å². The van der Waals surface area contributed by atoms with Gasteiger partial charge in [-0.25, -0.2) is 4.79 Å². The lowest BCUT2D eigenvalue weighted by Crippen LogP contribution is -2.44. The van der Waals surface area contributed by atoms with E-state index in [9.17, 15) is 14.7 Å². The first kappa shape index (κ1) is 25.8. The number of benzene rings is 3. The SMILES string of the molecule is CC(C)(C)OC(=O)C(CCc1ccccc1)NC(=O)c1ccc(N)c(CCc2ccc(O)cc2)c1. The normalized spacial score (nSPS) is 12.1. The Labute approximate surface area is 207 Å². The minimum atomic E-state index is -0.778. The molecule has 0 saturated heterocycles. The van der Waals surface area contributed by atoms with Crippen LogP contribution >= 0.6 is 0 Å². The third-order valence-corrected chi connectivity index (χ3v) is 5.59. The molecule has 3 aromatic carbocycles. The molecular formula is C29H34N2O4. The predicted molar refractivity (Wildman–Crippen MR) is 138 cm³/mol. The molecule has 0 aliphatic heterocycles. The number of phenolic OH excluding ortho intramolecular Hbond substituents is 1. The van der Waals surface area contributed by atoms with Crippen LogP contribution < -0.4 is 11.1 Å². The number of anilines is 1. The predicted octanol–water partition coefficient (Wildman–Crippen LogP) is 4.83. The molecule has 184 valence electrons. The number of esters is 1. The van der Waals surface area contributed by atoms with E-state index in [-0.39, 0.29) is 11.7 Å². The van der Waals surface area contributed by atoms with Crippen molar-refractivity contribution in [3.63, 3.8) is 0 Å². The van der Waals surface area contributed by atoms with Gasteiger partial charge in [0.15, 0.2) is 0 Å². The summed E-state index contributed by atoms with van der Waals surface area (Å²) < 4.78 is 5.57. The number of nitrogens with one attached hydrogen (secondary N) is 1. The van der Waals surface area contributed by atoms with E-state index in [1.54, 1.807) is 51.1 Å². The second-order valence-corrected chi connectivity index (χ2v) is 9.66. The fourth-order valence-electron chi connectivity index (χ4n) is 3.72. The van der Waals surface area contributed by atoms with Crippen molar-refractivity contribution in [2.24, 2.45) is 0 Å². The van der Waals surface area contributed by atoms with E-state index in [1.165, 1.54) is 0 Å². The van der Waals surface area contributed by atoms with Gasteiger partial charge in [0, 0.05) is 11.3 Å². The summed E-state index contributed by atoms with van der Waals surface area (Å²) >= 11 is 0. The lowest BCUT2D eigenvalue weighted by Gasteiger charge is -2.25. The van der Waals surface area contributed by atoms with Crippen LogP contribution in [0.5, 0.6) is 5.75 Å². The zero-order chi connectivity index (χ0) is 25.4. The first-order valence-corrected chi connectivity index (χ1v) is 11.8. The Hall–Kier alpha value is -3.80. The Morgan fingerprint density at radius 3 is 2.23 bits per heavy atom. The van der Waals surface area contributed by atoms with Gasteiger partial charge in [0.05, 0.1) is 0 Å². The van der Waals surface area contributed by atoms with Crippen molar-refractivity contribution in [1.82, 2.24) is 5.32 Å². The van der Waals surface area contributed by atoms with Crippen molar-refractivity contribution in [2.45, 2.75) is 58.1 Å². The highest BCUT2D eigenvalue weighted by molar-refractivity contribution is 5.97. The van der Waals surface area contributed by atoms with Gasteiger partial charge in [-0.15, -0.1) is 0 Å². The molecule has 1 unspecified atom stereocenters. The number of nitrogens with two attached hydrogens (primary N) is 1. The van der Waals surface area contributed by atoms with Crippen molar-refractivity contribution in [3.05, 3.63) is 95.1 Å². The molecule has 4 N–H and O–H groups in total. The summed E-state index contributed by atoms with van der Waals surface area (Å²) in [5.74, 6) is -0.580. The minimum absolute atomic E-state index is 0.221. The second-order valence-electron chi connectivity index (χ2n) is 9.66. The van der Waals surface area contributed by atoms with E-state index in [0.717, 1.165) is 16.7 Å². The first-order valence-electron chi connectivity index (χ1n) is 11.8. The molecule has 0 bridgehead atoms. The fourth-order valence-corrected chi connectivity index (χ4v) is 3.72. The Balaban J connectivity index is 1.71. The molecular weight excluding hydrogens is 440 g/mol. The van der Waals surface area contributed by atoms with Gasteiger partial charge < -0.3 is 20.9 Å². The molecule has 0 heterocycles. The third-order valence-electron chi connectivity index (χ3n) is 5.59. The summed E-state index contributed by atoms with van der Waals surface area (Å²) in [6.45, 7) is 5.42. The van der Waals surface area contributed by atoms with Crippen LogP contribution in [0.15, 0.2) is 72.8 Å². The highest BCUT2D eigenvalue weighted by Crippen LogP contribution is 2.19. The van der Waals surface area contributed by atoms with Gasteiger partial charge in [0.25, 0.3) is 5.91 Å². The highest BCUT2D eigenvalue weighted by atomic mass is 16.6. The Bertz CT molecular complexity index is 1140. The smallest absolute Gasteiger partial charge is 0.329 e. The Morgan fingerprint density at radius 1 is 0.914 bits per heavy atom. The average Bonchev–Trinajstić information content (AvgIpc) is 2.81. The topological polar surface area (TPSA) is 102 Å². The molecule has 3 aromatic rings. The van der Waals surface area contributed by atoms with Crippen molar-refractivity contribution >= 4 is 17.6 Å². The molecule has 35 heavy (non-hydrogen) atoms.